The lowest BCUT2D eigenvalue weighted by Crippen LogP contribution is -2.24. The Bertz CT molecular complexity index is 1070. The van der Waals surface area contributed by atoms with Crippen LogP contribution < -0.4 is 15.7 Å². The molecule has 2 aromatic carbocycles. The molecule has 3 aromatic rings. The fourth-order valence-corrected chi connectivity index (χ4v) is 3.16. The zero-order chi connectivity index (χ0) is 19.9. The Balaban J connectivity index is 2.03. The first-order valence-corrected chi connectivity index (χ1v) is 8.90. The van der Waals surface area contributed by atoms with Crippen LogP contribution in [0.25, 0.3) is 16.6 Å². The Labute approximate surface area is 158 Å². The summed E-state index contributed by atoms with van der Waals surface area (Å²) in [5, 5.41) is 3.46. The van der Waals surface area contributed by atoms with E-state index in [0.717, 1.165) is 25.0 Å². The molecule has 1 aliphatic carbocycles. The number of nitrogens with one attached hydrogen (secondary N) is 1. The van der Waals surface area contributed by atoms with E-state index in [1.54, 1.807) is 30.3 Å². The number of para-hydroxylation sites is 1. The smallest absolute Gasteiger partial charge is 0.416 e. The molecule has 0 aliphatic heterocycles. The van der Waals surface area contributed by atoms with Crippen LogP contribution in [0.3, 0.4) is 0 Å². The number of hydrogen-bond acceptors (Lipinski definition) is 4. The van der Waals surface area contributed by atoms with Gasteiger partial charge in [0.25, 0.3) is 0 Å². The molecule has 5 nitrogen and oxygen atoms in total. The number of aromatic nitrogens is 2. The number of nitrogens with zero attached hydrogens (tertiary/aromatic N) is 2. The van der Waals surface area contributed by atoms with Gasteiger partial charge in [-0.15, -0.1) is 0 Å². The van der Waals surface area contributed by atoms with Crippen LogP contribution in [0.15, 0.2) is 47.3 Å². The largest absolute Gasteiger partial charge is 0.496 e. The first kappa shape index (κ1) is 18.3. The third-order valence-corrected chi connectivity index (χ3v) is 4.77. The highest BCUT2D eigenvalue weighted by Gasteiger charge is 2.33. The highest BCUT2D eigenvalue weighted by Crippen LogP contribution is 2.39. The molecule has 4 rings (SSSR count). The minimum atomic E-state index is -4.58. The van der Waals surface area contributed by atoms with E-state index in [9.17, 15) is 18.0 Å². The molecule has 28 heavy (non-hydrogen) atoms. The van der Waals surface area contributed by atoms with E-state index in [1.165, 1.54) is 11.7 Å². The van der Waals surface area contributed by atoms with Gasteiger partial charge in [-0.1, -0.05) is 18.2 Å². The first-order valence-electron chi connectivity index (χ1n) is 8.90. The number of anilines is 1. The van der Waals surface area contributed by atoms with Crippen molar-refractivity contribution in [2.45, 2.75) is 19.0 Å². The maximum atomic E-state index is 13.5. The predicted octanol–water partition coefficient (Wildman–Crippen LogP) is 4.24. The minimum Gasteiger partial charge on any atom is -0.496 e. The van der Waals surface area contributed by atoms with Gasteiger partial charge in [-0.2, -0.15) is 18.2 Å². The van der Waals surface area contributed by atoms with Crippen LogP contribution in [0.2, 0.25) is 0 Å². The van der Waals surface area contributed by atoms with Crippen molar-refractivity contribution in [3.8, 4) is 11.4 Å². The fraction of sp³-hybridized carbons (Fsp3) is 0.300. The molecule has 1 fully saturated rings. The second-order valence-electron chi connectivity index (χ2n) is 6.81. The van der Waals surface area contributed by atoms with Crippen LogP contribution >= 0.6 is 0 Å². The van der Waals surface area contributed by atoms with E-state index in [-0.39, 0.29) is 17.1 Å². The quantitative estimate of drug-likeness (QED) is 0.709. The summed E-state index contributed by atoms with van der Waals surface area (Å²) in [6.45, 7) is 0.612. The summed E-state index contributed by atoms with van der Waals surface area (Å²) < 4.78 is 46.8. The molecule has 0 atom stereocenters. The van der Waals surface area contributed by atoms with Crippen LogP contribution in [-0.2, 0) is 6.18 Å². The first-order chi connectivity index (χ1) is 13.4. The maximum absolute atomic E-state index is 13.5. The van der Waals surface area contributed by atoms with Crippen molar-refractivity contribution in [3.05, 3.63) is 58.5 Å². The molecular weight excluding hydrogens is 371 g/mol. The second kappa shape index (κ2) is 6.85. The molecule has 0 radical (unpaired) electrons. The van der Waals surface area contributed by atoms with Crippen molar-refractivity contribution in [2.75, 3.05) is 19.0 Å². The third kappa shape index (κ3) is 3.42. The van der Waals surface area contributed by atoms with E-state index in [2.05, 4.69) is 10.3 Å². The summed E-state index contributed by atoms with van der Waals surface area (Å²) in [4.78, 5) is 16.9. The molecule has 0 unspecified atom stereocenters. The molecule has 0 amide bonds. The third-order valence-electron chi connectivity index (χ3n) is 4.77. The standard InChI is InChI=1S/C20H18F3N3O2/c1-28-16-10-13(20(21,22)23)9-15-17(16)18(24-11-12-7-8-12)25-19(27)26(15)14-5-3-2-4-6-14/h2-6,9-10,12H,7-8,11H2,1H3,(H,24,25,27). The average Bonchev–Trinajstić information content (AvgIpc) is 3.49. The van der Waals surface area contributed by atoms with E-state index in [4.69, 9.17) is 4.74 Å². The van der Waals surface area contributed by atoms with Gasteiger partial charge in [-0.05, 0) is 43.0 Å². The van der Waals surface area contributed by atoms with E-state index in [1.807, 2.05) is 0 Å². The number of halogens is 3. The average molecular weight is 389 g/mol. The van der Waals surface area contributed by atoms with Crippen molar-refractivity contribution in [3.63, 3.8) is 0 Å². The van der Waals surface area contributed by atoms with Gasteiger partial charge in [-0.25, -0.2) is 4.79 Å². The lowest BCUT2D eigenvalue weighted by molar-refractivity contribution is -0.137. The number of alkyl halides is 3. The van der Waals surface area contributed by atoms with Crippen LogP contribution in [-0.4, -0.2) is 23.2 Å². The molecule has 0 bridgehead atoms. The predicted molar refractivity (Wildman–Crippen MR) is 100 cm³/mol. The van der Waals surface area contributed by atoms with Gasteiger partial charge >= 0.3 is 11.9 Å². The van der Waals surface area contributed by atoms with Crippen molar-refractivity contribution >= 4 is 16.7 Å². The number of benzene rings is 2. The monoisotopic (exact) mass is 389 g/mol. The molecule has 1 heterocycles. The summed E-state index contributed by atoms with van der Waals surface area (Å²) >= 11 is 0. The molecule has 1 N–H and O–H groups in total. The summed E-state index contributed by atoms with van der Waals surface area (Å²) in [6, 6.07) is 10.4. The minimum absolute atomic E-state index is 0.0142. The lowest BCUT2D eigenvalue weighted by Gasteiger charge is -2.18. The number of rotatable bonds is 5. The maximum Gasteiger partial charge on any atom is 0.416 e. The molecular formula is C20H18F3N3O2. The van der Waals surface area contributed by atoms with Gasteiger partial charge in [0.1, 0.15) is 11.6 Å². The highest BCUT2D eigenvalue weighted by atomic mass is 19.4. The van der Waals surface area contributed by atoms with E-state index < -0.39 is 17.4 Å². The normalized spacial score (nSPS) is 14.3. The van der Waals surface area contributed by atoms with Gasteiger partial charge in [-0.3, -0.25) is 4.57 Å². The van der Waals surface area contributed by atoms with Crippen molar-refractivity contribution in [1.29, 1.82) is 0 Å². The SMILES string of the molecule is COc1cc(C(F)(F)F)cc2c1c(NCC1CC1)nc(=O)n2-c1ccccc1. The Morgan fingerprint density at radius 2 is 1.93 bits per heavy atom. The topological polar surface area (TPSA) is 56.1 Å². The zero-order valence-corrected chi connectivity index (χ0v) is 15.1. The fourth-order valence-electron chi connectivity index (χ4n) is 3.16. The Hall–Kier alpha value is -3.03. The number of hydrogen-bond donors (Lipinski definition) is 1. The van der Waals surface area contributed by atoms with Crippen LogP contribution in [0.1, 0.15) is 18.4 Å². The summed E-state index contributed by atoms with van der Waals surface area (Å²) in [5.74, 6) is 0.749. The van der Waals surface area contributed by atoms with Gasteiger partial charge < -0.3 is 10.1 Å². The lowest BCUT2D eigenvalue weighted by atomic mass is 10.1. The van der Waals surface area contributed by atoms with E-state index in [0.29, 0.717) is 23.5 Å². The second-order valence-corrected chi connectivity index (χ2v) is 6.81. The summed E-state index contributed by atoms with van der Waals surface area (Å²) in [6.07, 6.45) is -2.41. The molecule has 1 aliphatic rings. The van der Waals surface area contributed by atoms with Crippen molar-refractivity contribution < 1.29 is 17.9 Å². The van der Waals surface area contributed by atoms with Crippen LogP contribution in [0.5, 0.6) is 5.75 Å². The van der Waals surface area contributed by atoms with Gasteiger partial charge in [0.15, 0.2) is 0 Å². The Morgan fingerprint density at radius 3 is 2.54 bits per heavy atom. The molecule has 146 valence electrons. The summed E-state index contributed by atoms with van der Waals surface area (Å²) in [5.41, 5.74) is -1.02. The molecule has 1 aromatic heterocycles. The molecule has 0 saturated heterocycles. The number of fused-ring (bicyclic) bond motifs is 1. The van der Waals surface area contributed by atoms with Crippen LogP contribution in [0, 0.1) is 5.92 Å². The molecule has 1 saturated carbocycles. The van der Waals surface area contributed by atoms with Gasteiger partial charge in [0.05, 0.1) is 29.3 Å². The van der Waals surface area contributed by atoms with Gasteiger partial charge in [0, 0.05) is 6.54 Å². The number of methoxy groups -OCH3 is 1. The van der Waals surface area contributed by atoms with Gasteiger partial charge in [0.2, 0.25) is 0 Å². The van der Waals surface area contributed by atoms with Crippen molar-refractivity contribution in [2.24, 2.45) is 5.92 Å². The van der Waals surface area contributed by atoms with Crippen LogP contribution in [0.4, 0.5) is 19.0 Å². The zero-order valence-electron chi connectivity index (χ0n) is 15.1. The summed E-state index contributed by atoms with van der Waals surface area (Å²) in [7, 11) is 1.30. The highest BCUT2D eigenvalue weighted by molar-refractivity contribution is 5.96. The number of ether oxygens (including phenoxy) is 1. The molecule has 0 spiro atoms. The Kier molecular flexibility index (Phi) is 4.49. The Morgan fingerprint density at radius 1 is 1.21 bits per heavy atom. The van der Waals surface area contributed by atoms with E-state index >= 15 is 0 Å². The van der Waals surface area contributed by atoms with Crippen molar-refractivity contribution in [1.82, 2.24) is 9.55 Å². The molecule has 8 heteroatoms.